The van der Waals surface area contributed by atoms with Gasteiger partial charge in [-0.05, 0) is 18.1 Å². The van der Waals surface area contributed by atoms with Gasteiger partial charge in [-0.3, -0.25) is 4.79 Å². The van der Waals surface area contributed by atoms with Crippen molar-refractivity contribution in [2.24, 2.45) is 5.92 Å². The lowest BCUT2D eigenvalue weighted by Gasteiger charge is -2.25. The molecule has 1 fully saturated rings. The number of rotatable bonds is 6. The molecule has 0 radical (unpaired) electrons. The van der Waals surface area contributed by atoms with E-state index in [1.54, 1.807) is 0 Å². The second-order valence-electron chi connectivity index (χ2n) is 6.20. The van der Waals surface area contributed by atoms with E-state index in [0.717, 1.165) is 6.54 Å². The van der Waals surface area contributed by atoms with E-state index in [0.29, 0.717) is 19.6 Å². The summed E-state index contributed by atoms with van der Waals surface area (Å²) in [5, 5.41) is 0. The summed E-state index contributed by atoms with van der Waals surface area (Å²) in [6, 6.07) is 20.5. The number of benzene rings is 2. The monoisotopic (exact) mass is 309 g/mol. The van der Waals surface area contributed by atoms with Gasteiger partial charge in [0.25, 0.3) is 0 Å². The van der Waals surface area contributed by atoms with Crippen LogP contribution in [0.3, 0.4) is 0 Å². The summed E-state index contributed by atoms with van der Waals surface area (Å²) in [6.45, 7) is 4.13. The number of ether oxygens (including phenoxy) is 1. The van der Waals surface area contributed by atoms with Crippen LogP contribution >= 0.6 is 0 Å². The molecule has 1 saturated heterocycles. The Hall–Kier alpha value is -2.13. The molecule has 3 rings (SSSR count). The van der Waals surface area contributed by atoms with Gasteiger partial charge in [0.2, 0.25) is 5.91 Å². The lowest BCUT2D eigenvalue weighted by atomic mass is 10.1. The van der Waals surface area contributed by atoms with Crippen molar-refractivity contribution in [1.82, 2.24) is 4.90 Å². The fourth-order valence-corrected chi connectivity index (χ4v) is 3.12. The molecule has 0 unspecified atom stereocenters. The third kappa shape index (κ3) is 3.99. The number of hydrogen-bond donors (Lipinski definition) is 0. The minimum atomic E-state index is 0.128. The van der Waals surface area contributed by atoms with Gasteiger partial charge in [0.1, 0.15) is 0 Å². The molecule has 0 aliphatic carbocycles. The van der Waals surface area contributed by atoms with Gasteiger partial charge in [-0.2, -0.15) is 0 Å². The van der Waals surface area contributed by atoms with Crippen LogP contribution < -0.4 is 0 Å². The zero-order valence-corrected chi connectivity index (χ0v) is 13.5. The summed E-state index contributed by atoms with van der Waals surface area (Å²) in [7, 11) is 0. The smallest absolute Gasteiger partial charge is 0.223 e. The van der Waals surface area contributed by atoms with Crippen LogP contribution in [0.5, 0.6) is 0 Å². The van der Waals surface area contributed by atoms with Crippen LogP contribution in [-0.2, 0) is 16.1 Å². The van der Waals surface area contributed by atoms with E-state index >= 15 is 0 Å². The molecule has 0 aromatic heterocycles. The number of hydrogen-bond acceptors (Lipinski definition) is 2. The van der Waals surface area contributed by atoms with Crippen LogP contribution in [0.25, 0.3) is 0 Å². The summed E-state index contributed by atoms with van der Waals surface area (Å²) >= 11 is 0. The molecule has 0 bridgehead atoms. The number of amides is 1. The Morgan fingerprint density at radius 1 is 1.09 bits per heavy atom. The molecule has 2 aromatic rings. The molecule has 0 saturated carbocycles. The maximum absolute atomic E-state index is 12.3. The third-order valence-electron chi connectivity index (χ3n) is 4.45. The van der Waals surface area contributed by atoms with E-state index in [9.17, 15) is 4.79 Å². The van der Waals surface area contributed by atoms with E-state index in [-0.39, 0.29) is 17.9 Å². The highest BCUT2D eigenvalue weighted by Gasteiger charge is 2.33. The molecule has 3 nitrogen and oxygen atoms in total. The average Bonchev–Trinajstić information content (AvgIpc) is 2.97. The summed E-state index contributed by atoms with van der Waals surface area (Å²) in [4.78, 5) is 14.3. The number of carbonyl (C=O) groups excluding carboxylic acids is 1. The Balaban J connectivity index is 1.51. The Kier molecular flexibility index (Phi) is 5.09. The van der Waals surface area contributed by atoms with Crippen molar-refractivity contribution in [3.05, 3.63) is 71.8 Å². The summed E-state index contributed by atoms with van der Waals surface area (Å²) in [5.74, 6) is 0.520. The zero-order chi connectivity index (χ0) is 16.1. The van der Waals surface area contributed by atoms with Gasteiger partial charge in [0, 0.05) is 18.9 Å². The van der Waals surface area contributed by atoms with Gasteiger partial charge in [-0.1, -0.05) is 60.7 Å². The summed E-state index contributed by atoms with van der Waals surface area (Å²) in [5.41, 5.74) is 2.36. The fraction of sp³-hybridized carbons (Fsp3) is 0.350. The molecule has 1 heterocycles. The maximum Gasteiger partial charge on any atom is 0.223 e. The van der Waals surface area contributed by atoms with E-state index in [2.05, 4.69) is 31.2 Å². The molecule has 1 amide bonds. The predicted octanol–water partition coefficient (Wildman–Crippen LogP) is 3.81. The fourth-order valence-electron chi connectivity index (χ4n) is 3.12. The van der Waals surface area contributed by atoms with Crippen LogP contribution in [0.2, 0.25) is 0 Å². The molecular weight excluding hydrogens is 286 g/mol. The summed E-state index contributed by atoms with van der Waals surface area (Å²) < 4.78 is 5.81. The molecule has 3 heteroatoms. The van der Waals surface area contributed by atoms with Crippen molar-refractivity contribution in [3.63, 3.8) is 0 Å². The van der Waals surface area contributed by atoms with Crippen LogP contribution in [0.1, 0.15) is 30.5 Å². The van der Waals surface area contributed by atoms with E-state index in [4.69, 9.17) is 4.74 Å². The lowest BCUT2D eigenvalue weighted by Crippen LogP contribution is -2.28. The average molecular weight is 309 g/mol. The molecular formula is C20H23NO2. The Morgan fingerprint density at radius 2 is 1.74 bits per heavy atom. The topological polar surface area (TPSA) is 29.5 Å². The van der Waals surface area contributed by atoms with Crippen molar-refractivity contribution in [3.8, 4) is 0 Å². The Morgan fingerprint density at radius 3 is 2.43 bits per heavy atom. The van der Waals surface area contributed by atoms with E-state index < -0.39 is 0 Å². The largest absolute Gasteiger partial charge is 0.376 e. The quantitative estimate of drug-likeness (QED) is 0.812. The normalized spacial score (nSPS) is 19.1. The van der Waals surface area contributed by atoms with Gasteiger partial charge in [0.05, 0.1) is 19.3 Å². The van der Waals surface area contributed by atoms with Gasteiger partial charge >= 0.3 is 0 Å². The first-order valence-corrected chi connectivity index (χ1v) is 8.20. The van der Waals surface area contributed by atoms with Crippen molar-refractivity contribution >= 4 is 5.91 Å². The van der Waals surface area contributed by atoms with E-state index in [1.807, 2.05) is 41.3 Å². The Labute approximate surface area is 137 Å². The summed E-state index contributed by atoms with van der Waals surface area (Å²) in [6.07, 6.45) is 0.589. The second-order valence-corrected chi connectivity index (χ2v) is 6.20. The van der Waals surface area contributed by atoms with Gasteiger partial charge in [0.15, 0.2) is 0 Å². The second kappa shape index (κ2) is 7.42. The van der Waals surface area contributed by atoms with Crippen molar-refractivity contribution < 1.29 is 9.53 Å². The van der Waals surface area contributed by atoms with Crippen LogP contribution in [0.15, 0.2) is 60.7 Å². The van der Waals surface area contributed by atoms with Crippen LogP contribution in [0, 0.1) is 5.92 Å². The first-order chi connectivity index (χ1) is 11.2. The predicted molar refractivity (Wildman–Crippen MR) is 90.8 cm³/mol. The SMILES string of the molecule is C[C@H](c1ccccc1)N1C[C@H](COCc2ccccc2)CC1=O. The van der Waals surface area contributed by atoms with Gasteiger partial charge in [-0.25, -0.2) is 0 Å². The molecule has 2 aromatic carbocycles. The molecule has 0 spiro atoms. The molecule has 120 valence electrons. The highest BCUT2D eigenvalue weighted by Crippen LogP contribution is 2.28. The van der Waals surface area contributed by atoms with Crippen molar-refractivity contribution in [1.29, 1.82) is 0 Å². The molecule has 2 atom stereocenters. The maximum atomic E-state index is 12.3. The number of nitrogens with zero attached hydrogens (tertiary/aromatic N) is 1. The molecule has 23 heavy (non-hydrogen) atoms. The minimum Gasteiger partial charge on any atom is -0.376 e. The van der Waals surface area contributed by atoms with Crippen LogP contribution in [0.4, 0.5) is 0 Å². The Bertz CT molecular complexity index is 627. The van der Waals surface area contributed by atoms with Crippen LogP contribution in [-0.4, -0.2) is 24.0 Å². The highest BCUT2D eigenvalue weighted by atomic mass is 16.5. The first kappa shape index (κ1) is 15.8. The number of carbonyl (C=O) groups is 1. The minimum absolute atomic E-state index is 0.128. The highest BCUT2D eigenvalue weighted by molar-refractivity contribution is 5.79. The lowest BCUT2D eigenvalue weighted by molar-refractivity contribution is -0.129. The van der Waals surface area contributed by atoms with Crippen molar-refractivity contribution in [2.75, 3.05) is 13.2 Å². The molecule has 0 N–H and O–H groups in total. The van der Waals surface area contributed by atoms with Gasteiger partial charge in [-0.15, -0.1) is 0 Å². The van der Waals surface area contributed by atoms with Crippen molar-refractivity contribution in [2.45, 2.75) is 26.0 Å². The standard InChI is InChI=1S/C20H23NO2/c1-16(19-10-6-3-7-11-19)21-13-18(12-20(21)22)15-23-14-17-8-4-2-5-9-17/h2-11,16,18H,12-15H2,1H3/t16-,18-/m1/s1. The molecule has 1 aliphatic heterocycles. The van der Waals surface area contributed by atoms with E-state index in [1.165, 1.54) is 11.1 Å². The number of likely N-dealkylation sites (tertiary alicyclic amines) is 1. The zero-order valence-electron chi connectivity index (χ0n) is 13.5. The first-order valence-electron chi connectivity index (χ1n) is 8.20. The van der Waals surface area contributed by atoms with Gasteiger partial charge < -0.3 is 9.64 Å². The molecule has 1 aliphatic rings. The third-order valence-corrected chi connectivity index (χ3v) is 4.45.